The summed E-state index contributed by atoms with van der Waals surface area (Å²) >= 11 is 1.76. The molecule has 2 unspecified atom stereocenters. The second-order valence-electron chi connectivity index (χ2n) is 3.96. The van der Waals surface area contributed by atoms with E-state index in [-0.39, 0.29) is 0 Å². The first-order valence-corrected chi connectivity index (χ1v) is 6.56. The van der Waals surface area contributed by atoms with Gasteiger partial charge in [-0.15, -0.1) is 0 Å². The maximum absolute atomic E-state index is 13.1. The maximum Gasteiger partial charge on any atom is 0.121 e. The average Bonchev–Trinajstić information content (AvgIpc) is 2.15. The number of alkyl halides is 1. The zero-order valence-electron chi connectivity index (χ0n) is 9.85. The van der Waals surface area contributed by atoms with Gasteiger partial charge in [-0.2, -0.15) is 11.8 Å². The van der Waals surface area contributed by atoms with E-state index in [1.165, 1.54) is 12.8 Å². The Labute approximate surface area is 92.2 Å². The second-order valence-corrected chi connectivity index (χ2v) is 5.37. The Balaban J connectivity index is 3.56. The van der Waals surface area contributed by atoms with Crippen molar-refractivity contribution in [1.29, 1.82) is 0 Å². The molecule has 14 heavy (non-hydrogen) atoms. The molecule has 0 aliphatic rings. The smallest absolute Gasteiger partial charge is 0.121 e. The summed E-state index contributed by atoms with van der Waals surface area (Å²) in [6.07, 6.45) is 1.76. The van der Waals surface area contributed by atoms with E-state index in [9.17, 15) is 4.39 Å². The van der Waals surface area contributed by atoms with Gasteiger partial charge in [0.2, 0.25) is 0 Å². The Kier molecular flexibility index (Phi) is 8.69. The molecule has 3 heteroatoms. The zero-order valence-corrected chi connectivity index (χ0v) is 10.7. The van der Waals surface area contributed by atoms with Crippen molar-refractivity contribution in [3.8, 4) is 0 Å². The summed E-state index contributed by atoms with van der Waals surface area (Å²) in [7, 11) is 1.79. The summed E-state index contributed by atoms with van der Waals surface area (Å²) in [5.74, 6) is 1.32. The van der Waals surface area contributed by atoms with Gasteiger partial charge in [-0.3, -0.25) is 0 Å². The van der Waals surface area contributed by atoms with Crippen molar-refractivity contribution in [1.82, 2.24) is 5.32 Å². The van der Waals surface area contributed by atoms with Gasteiger partial charge in [-0.1, -0.05) is 27.2 Å². The molecule has 0 saturated carbocycles. The quantitative estimate of drug-likeness (QED) is 0.676. The minimum Gasteiger partial charge on any atom is -0.317 e. The predicted octanol–water partition coefficient (Wildman–Crippen LogP) is 3.10. The van der Waals surface area contributed by atoms with Gasteiger partial charge in [0.1, 0.15) is 6.17 Å². The Morgan fingerprint density at radius 3 is 2.50 bits per heavy atom. The van der Waals surface area contributed by atoms with Crippen LogP contribution in [0.3, 0.4) is 0 Å². The lowest BCUT2D eigenvalue weighted by Gasteiger charge is -2.19. The highest BCUT2D eigenvalue weighted by Crippen LogP contribution is 2.23. The van der Waals surface area contributed by atoms with Crippen molar-refractivity contribution in [3.05, 3.63) is 0 Å². The fourth-order valence-electron chi connectivity index (χ4n) is 1.39. The fraction of sp³-hybridized carbons (Fsp3) is 1.00. The fourth-order valence-corrected chi connectivity index (χ4v) is 2.49. The number of hydrogen-bond acceptors (Lipinski definition) is 2. The molecule has 1 nitrogen and oxygen atoms in total. The summed E-state index contributed by atoms with van der Waals surface area (Å²) in [4.78, 5) is 0. The van der Waals surface area contributed by atoms with Crippen molar-refractivity contribution in [2.75, 3.05) is 19.3 Å². The molecule has 0 saturated heterocycles. The molecular formula is C11H24FNS. The van der Waals surface area contributed by atoms with Crippen LogP contribution in [0.15, 0.2) is 0 Å². The van der Waals surface area contributed by atoms with Gasteiger partial charge in [0.15, 0.2) is 0 Å². The van der Waals surface area contributed by atoms with Crippen molar-refractivity contribution in [2.24, 2.45) is 5.92 Å². The first-order chi connectivity index (χ1) is 6.61. The van der Waals surface area contributed by atoms with E-state index in [1.807, 2.05) is 0 Å². The van der Waals surface area contributed by atoms with Gasteiger partial charge in [-0.05, 0) is 19.4 Å². The number of thioether (sulfide) groups is 1. The lowest BCUT2D eigenvalue weighted by atomic mass is 10.0. The summed E-state index contributed by atoms with van der Waals surface area (Å²) in [6.45, 7) is 7.14. The van der Waals surface area contributed by atoms with Gasteiger partial charge in [-0.25, -0.2) is 4.39 Å². The highest BCUT2D eigenvalue weighted by atomic mass is 32.2. The number of nitrogens with one attached hydrogen (secondary N) is 1. The van der Waals surface area contributed by atoms with E-state index in [4.69, 9.17) is 0 Å². The van der Waals surface area contributed by atoms with Crippen LogP contribution in [-0.2, 0) is 0 Å². The summed E-state index contributed by atoms with van der Waals surface area (Å²) in [5, 5.41) is 3.43. The van der Waals surface area contributed by atoms with E-state index in [0.29, 0.717) is 23.5 Å². The normalized spacial score (nSPS) is 17.8. The van der Waals surface area contributed by atoms with Crippen molar-refractivity contribution >= 4 is 11.8 Å². The molecule has 0 heterocycles. The van der Waals surface area contributed by atoms with Crippen LogP contribution in [0.5, 0.6) is 0 Å². The maximum atomic E-state index is 13.1. The van der Waals surface area contributed by atoms with Crippen LogP contribution in [-0.4, -0.2) is 30.8 Å². The predicted molar refractivity (Wildman–Crippen MR) is 64.8 cm³/mol. The lowest BCUT2D eigenvalue weighted by molar-refractivity contribution is 0.358. The topological polar surface area (TPSA) is 12.0 Å². The highest BCUT2D eigenvalue weighted by Gasteiger charge is 2.14. The third-order valence-corrected chi connectivity index (χ3v) is 4.06. The van der Waals surface area contributed by atoms with E-state index >= 15 is 0 Å². The SMILES string of the molecule is CCC[C@@H](C)C(C)SCC(F)CNC. The first-order valence-electron chi connectivity index (χ1n) is 5.52. The molecule has 3 atom stereocenters. The second kappa shape index (κ2) is 8.54. The molecule has 0 spiro atoms. The molecule has 0 aromatic carbocycles. The molecule has 86 valence electrons. The van der Waals surface area contributed by atoms with Crippen LogP contribution in [0.1, 0.15) is 33.6 Å². The Morgan fingerprint density at radius 1 is 1.36 bits per heavy atom. The zero-order chi connectivity index (χ0) is 11.0. The third-order valence-electron chi connectivity index (χ3n) is 2.51. The van der Waals surface area contributed by atoms with Gasteiger partial charge in [0, 0.05) is 17.5 Å². The van der Waals surface area contributed by atoms with Crippen LogP contribution < -0.4 is 5.32 Å². The van der Waals surface area contributed by atoms with E-state index < -0.39 is 6.17 Å². The molecule has 0 aliphatic carbocycles. The van der Waals surface area contributed by atoms with Crippen molar-refractivity contribution in [3.63, 3.8) is 0 Å². The minimum atomic E-state index is -0.707. The first kappa shape index (κ1) is 14.2. The molecule has 1 N–H and O–H groups in total. The molecule has 0 bridgehead atoms. The lowest BCUT2D eigenvalue weighted by Crippen LogP contribution is -2.23. The summed E-state index contributed by atoms with van der Waals surface area (Å²) < 4.78 is 13.1. The summed E-state index contributed by atoms with van der Waals surface area (Å²) in [6, 6.07) is 0. The largest absolute Gasteiger partial charge is 0.317 e. The summed E-state index contributed by atoms with van der Waals surface area (Å²) in [5.41, 5.74) is 0. The van der Waals surface area contributed by atoms with Crippen LogP contribution in [0.2, 0.25) is 0 Å². The monoisotopic (exact) mass is 221 g/mol. The van der Waals surface area contributed by atoms with Crippen molar-refractivity contribution < 1.29 is 4.39 Å². The molecule has 0 amide bonds. The van der Waals surface area contributed by atoms with Crippen LogP contribution in [0, 0.1) is 5.92 Å². The number of hydrogen-bond donors (Lipinski definition) is 1. The average molecular weight is 221 g/mol. The standard InChI is InChI=1S/C11H24FNS/c1-5-6-9(2)10(3)14-8-11(12)7-13-4/h9-11,13H,5-8H2,1-4H3/t9-,10?,11?/m1/s1. The molecule has 0 rings (SSSR count). The van der Waals surface area contributed by atoms with E-state index in [2.05, 4.69) is 26.1 Å². The molecule has 0 aromatic rings. The van der Waals surface area contributed by atoms with Gasteiger partial charge < -0.3 is 5.32 Å². The van der Waals surface area contributed by atoms with Crippen LogP contribution in [0.4, 0.5) is 4.39 Å². The molecule has 0 radical (unpaired) electrons. The molecular weight excluding hydrogens is 197 g/mol. The minimum absolute atomic E-state index is 0.474. The van der Waals surface area contributed by atoms with Gasteiger partial charge in [0.25, 0.3) is 0 Å². The number of halogens is 1. The third kappa shape index (κ3) is 6.66. The molecule has 0 fully saturated rings. The van der Waals surface area contributed by atoms with Gasteiger partial charge in [0.05, 0.1) is 0 Å². The molecule has 0 aromatic heterocycles. The number of rotatable bonds is 8. The van der Waals surface area contributed by atoms with E-state index in [1.54, 1.807) is 18.8 Å². The van der Waals surface area contributed by atoms with Crippen molar-refractivity contribution in [2.45, 2.75) is 45.0 Å². The van der Waals surface area contributed by atoms with Crippen LogP contribution >= 0.6 is 11.8 Å². The Morgan fingerprint density at radius 2 is 2.00 bits per heavy atom. The van der Waals surface area contributed by atoms with E-state index in [0.717, 1.165) is 0 Å². The van der Waals surface area contributed by atoms with Crippen LogP contribution in [0.25, 0.3) is 0 Å². The Bertz CT molecular complexity index is 132. The highest BCUT2D eigenvalue weighted by molar-refractivity contribution is 7.99. The van der Waals surface area contributed by atoms with Gasteiger partial charge >= 0.3 is 0 Å². The Hall–Kier alpha value is 0.240. The molecule has 0 aliphatic heterocycles.